The second kappa shape index (κ2) is 7.26. The van der Waals surface area contributed by atoms with Gasteiger partial charge >= 0.3 is 6.18 Å². The molecular weight excluding hydrogens is 417 g/mol. The van der Waals surface area contributed by atoms with Gasteiger partial charge in [0.05, 0.1) is 11.6 Å². The van der Waals surface area contributed by atoms with E-state index in [1.807, 2.05) is 0 Å². The van der Waals surface area contributed by atoms with Crippen LogP contribution >= 0.6 is 0 Å². The number of aliphatic hydroxyl groups is 1. The molecule has 1 heterocycles. The van der Waals surface area contributed by atoms with Crippen LogP contribution in [0.5, 0.6) is 0 Å². The van der Waals surface area contributed by atoms with E-state index in [-0.39, 0.29) is 22.4 Å². The summed E-state index contributed by atoms with van der Waals surface area (Å²) in [6.07, 6.45) is -3.28. The summed E-state index contributed by atoms with van der Waals surface area (Å²) < 4.78 is 70.9. The topological polar surface area (TPSA) is 58.0 Å². The summed E-state index contributed by atoms with van der Waals surface area (Å²) in [6.45, 7) is 3.09. The Balaban J connectivity index is 1.95. The number of halogens is 5. The second-order valence-electron chi connectivity index (χ2n) is 7.47. The van der Waals surface area contributed by atoms with E-state index in [0.29, 0.717) is 16.7 Å². The molecule has 0 radical (unpaired) electrons. The highest BCUT2D eigenvalue weighted by molar-refractivity contribution is 5.91. The van der Waals surface area contributed by atoms with E-state index in [1.54, 1.807) is 19.1 Å². The van der Waals surface area contributed by atoms with Crippen LogP contribution in [0.4, 0.5) is 27.6 Å². The molecule has 0 unspecified atom stereocenters. The zero-order valence-electron chi connectivity index (χ0n) is 16.6. The van der Waals surface area contributed by atoms with Crippen LogP contribution in [0.15, 0.2) is 42.6 Å². The summed E-state index contributed by atoms with van der Waals surface area (Å²) >= 11 is 0. The van der Waals surface area contributed by atoms with Gasteiger partial charge in [-0.3, -0.25) is 0 Å². The van der Waals surface area contributed by atoms with Crippen LogP contribution in [0.25, 0.3) is 16.5 Å². The monoisotopic (exact) mass is 435 g/mol. The standard InChI is InChI=1S/C22H18F5N3O/c1-3-12-9-21(31,22(25,26)27)20(13-7-8-15(23)19(24)18(12)13)30-17-6-4-5-16-14(17)10-28-11(2)29-16/h3-8,10,20,30-31H,9H2,1-2H3/b12-3+/t20-,21+/m0/s1. The molecule has 4 nitrogen and oxygen atoms in total. The maximum Gasteiger partial charge on any atom is 0.419 e. The van der Waals surface area contributed by atoms with Crippen molar-refractivity contribution < 1.29 is 27.1 Å². The lowest BCUT2D eigenvalue weighted by atomic mass is 9.72. The highest BCUT2D eigenvalue weighted by Gasteiger charge is 2.61. The molecule has 1 aromatic heterocycles. The average Bonchev–Trinajstić information content (AvgIpc) is 2.71. The van der Waals surface area contributed by atoms with E-state index in [0.717, 1.165) is 12.1 Å². The number of aryl methyl sites for hydroxylation is 1. The molecule has 0 fully saturated rings. The van der Waals surface area contributed by atoms with Crippen LogP contribution in [0.2, 0.25) is 0 Å². The molecule has 0 saturated heterocycles. The minimum absolute atomic E-state index is 0.123. The highest BCUT2D eigenvalue weighted by Crippen LogP contribution is 2.53. The molecule has 2 N–H and O–H groups in total. The molecular formula is C22H18F5N3O. The molecule has 0 spiro atoms. The number of benzene rings is 2. The third-order valence-corrected chi connectivity index (χ3v) is 5.58. The molecule has 2 atom stereocenters. The summed E-state index contributed by atoms with van der Waals surface area (Å²) in [4.78, 5) is 8.34. The van der Waals surface area contributed by atoms with Crippen molar-refractivity contribution in [3.05, 3.63) is 71.2 Å². The van der Waals surface area contributed by atoms with Crippen molar-refractivity contribution in [2.45, 2.75) is 38.1 Å². The van der Waals surface area contributed by atoms with E-state index in [9.17, 15) is 27.1 Å². The minimum atomic E-state index is -5.06. The number of fused-ring (bicyclic) bond motifs is 2. The van der Waals surface area contributed by atoms with Gasteiger partial charge in [0.25, 0.3) is 0 Å². The molecule has 9 heteroatoms. The van der Waals surface area contributed by atoms with E-state index in [1.165, 1.54) is 25.3 Å². The van der Waals surface area contributed by atoms with Gasteiger partial charge in [-0.1, -0.05) is 18.2 Å². The van der Waals surface area contributed by atoms with Gasteiger partial charge in [-0.15, -0.1) is 0 Å². The number of anilines is 1. The van der Waals surface area contributed by atoms with Gasteiger partial charge in [-0.2, -0.15) is 13.2 Å². The molecule has 162 valence electrons. The Kier molecular flexibility index (Phi) is 4.96. The van der Waals surface area contributed by atoms with Crippen LogP contribution in [0.1, 0.15) is 36.3 Å². The number of rotatable bonds is 2. The van der Waals surface area contributed by atoms with Gasteiger partial charge in [0, 0.05) is 29.3 Å². The highest BCUT2D eigenvalue weighted by atomic mass is 19.4. The van der Waals surface area contributed by atoms with Crippen molar-refractivity contribution in [2.75, 3.05) is 5.32 Å². The van der Waals surface area contributed by atoms with Crippen LogP contribution < -0.4 is 5.32 Å². The van der Waals surface area contributed by atoms with E-state index in [4.69, 9.17) is 0 Å². The third-order valence-electron chi connectivity index (χ3n) is 5.58. The van der Waals surface area contributed by atoms with E-state index in [2.05, 4.69) is 15.3 Å². The van der Waals surface area contributed by atoms with E-state index < -0.39 is 35.9 Å². The maximum absolute atomic E-state index is 14.7. The second-order valence-corrected chi connectivity index (χ2v) is 7.47. The fourth-order valence-corrected chi connectivity index (χ4v) is 4.01. The van der Waals surface area contributed by atoms with Crippen molar-refractivity contribution in [3.8, 4) is 0 Å². The van der Waals surface area contributed by atoms with Crippen LogP contribution in [-0.2, 0) is 0 Å². The van der Waals surface area contributed by atoms with Gasteiger partial charge in [-0.25, -0.2) is 18.7 Å². The molecule has 3 aromatic rings. The van der Waals surface area contributed by atoms with Gasteiger partial charge in [0.2, 0.25) is 0 Å². The summed E-state index contributed by atoms with van der Waals surface area (Å²) in [5, 5.41) is 14.0. The molecule has 0 bridgehead atoms. The summed E-state index contributed by atoms with van der Waals surface area (Å²) in [6, 6.07) is 4.81. The van der Waals surface area contributed by atoms with E-state index >= 15 is 0 Å². The Morgan fingerprint density at radius 1 is 1.19 bits per heavy atom. The quantitative estimate of drug-likeness (QED) is 0.524. The summed E-state index contributed by atoms with van der Waals surface area (Å²) in [5.74, 6) is -1.95. The maximum atomic E-state index is 14.7. The largest absolute Gasteiger partial charge is 0.419 e. The molecule has 1 aliphatic rings. The van der Waals surface area contributed by atoms with Crippen molar-refractivity contribution in [1.29, 1.82) is 0 Å². The molecule has 31 heavy (non-hydrogen) atoms. The Morgan fingerprint density at radius 2 is 1.94 bits per heavy atom. The van der Waals surface area contributed by atoms with Crippen molar-refractivity contribution in [2.24, 2.45) is 0 Å². The predicted octanol–water partition coefficient (Wildman–Crippen LogP) is 5.47. The molecule has 2 aromatic carbocycles. The van der Waals surface area contributed by atoms with Crippen LogP contribution in [0, 0.1) is 18.6 Å². The number of alkyl halides is 3. The Morgan fingerprint density at radius 3 is 2.61 bits per heavy atom. The summed E-state index contributed by atoms with van der Waals surface area (Å²) in [7, 11) is 0. The number of hydrogen-bond donors (Lipinski definition) is 2. The molecule has 4 rings (SSSR count). The smallest absolute Gasteiger partial charge is 0.378 e. The van der Waals surface area contributed by atoms with Crippen LogP contribution in [-0.4, -0.2) is 26.9 Å². The van der Waals surface area contributed by atoms with Crippen molar-refractivity contribution >= 4 is 22.2 Å². The van der Waals surface area contributed by atoms with Gasteiger partial charge in [0.1, 0.15) is 5.82 Å². The number of aromatic nitrogens is 2. The minimum Gasteiger partial charge on any atom is -0.378 e. The molecule has 0 amide bonds. The zero-order chi connectivity index (χ0) is 22.6. The fourth-order valence-electron chi connectivity index (χ4n) is 4.01. The lowest BCUT2D eigenvalue weighted by Gasteiger charge is -2.44. The SMILES string of the molecule is C/C=C1\C[C@](O)(C(F)(F)F)[C@@H](Nc2cccc3nc(C)ncc23)c2ccc(F)c(F)c21. The zero-order valence-corrected chi connectivity index (χ0v) is 16.6. The lowest BCUT2D eigenvalue weighted by molar-refractivity contribution is -0.265. The summed E-state index contributed by atoms with van der Waals surface area (Å²) in [5.41, 5.74) is -3.14. The Bertz CT molecular complexity index is 1210. The first-order chi connectivity index (χ1) is 14.6. The Labute approximate surface area is 174 Å². The number of hydrogen-bond acceptors (Lipinski definition) is 4. The number of allylic oxidation sites excluding steroid dienone is 1. The lowest BCUT2D eigenvalue weighted by Crippen LogP contribution is -2.54. The molecule has 0 aliphatic heterocycles. The average molecular weight is 435 g/mol. The van der Waals surface area contributed by atoms with Gasteiger partial charge in [-0.05, 0) is 43.2 Å². The molecule has 1 aliphatic carbocycles. The molecule has 0 saturated carbocycles. The Hall–Kier alpha value is -3.07. The third kappa shape index (κ3) is 3.33. The first kappa shape index (κ1) is 21.2. The first-order valence-electron chi connectivity index (χ1n) is 9.48. The van der Waals surface area contributed by atoms with Gasteiger partial charge in [0.15, 0.2) is 17.2 Å². The number of nitrogens with one attached hydrogen (secondary N) is 1. The van der Waals surface area contributed by atoms with Gasteiger partial charge < -0.3 is 10.4 Å². The fraction of sp³-hybridized carbons (Fsp3) is 0.273. The van der Waals surface area contributed by atoms with Crippen molar-refractivity contribution in [3.63, 3.8) is 0 Å². The first-order valence-corrected chi connectivity index (χ1v) is 9.48. The number of nitrogens with zero attached hydrogens (tertiary/aromatic N) is 2. The predicted molar refractivity (Wildman–Crippen MR) is 106 cm³/mol. The van der Waals surface area contributed by atoms with Crippen LogP contribution in [0.3, 0.4) is 0 Å². The normalized spacial score (nSPS) is 22.6. The van der Waals surface area contributed by atoms with Crippen molar-refractivity contribution in [1.82, 2.24) is 9.97 Å².